The maximum absolute atomic E-state index is 5.76. The molecule has 0 atom stereocenters. The lowest BCUT2D eigenvalue weighted by Gasteiger charge is -2.08. The summed E-state index contributed by atoms with van der Waals surface area (Å²) in [6.45, 7) is 0.525. The minimum atomic E-state index is 0.525. The molecule has 0 saturated carbocycles. The second-order valence-electron chi connectivity index (χ2n) is 3.52. The van der Waals surface area contributed by atoms with E-state index in [1.54, 1.807) is 0 Å². The Bertz CT molecular complexity index is 511. The minimum absolute atomic E-state index is 0.525. The summed E-state index contributed by atoms with van der Waals surface area (Å²) in [7, 11) is 0. The Morgan fingerprint density at radius 3 is 2.29 bits per heavy atom. The van der Waals surface area contributed by atoms with Crippen LogP contribution in [0.3, 0.4) is 0 Å². The number of rotatable bonds is 3. The molecule has 2 aromatic carbocycles. The Morgan fingerprint density at radius 1 is 1.00 bits per heavy atom. The monoisotopic (exact) mass is 355 g/mol. The van der Waals surface area contributed by atoms with E-state index < -0.39 is 0 Å². The van der Waals surface area contributed by atoms with Gasteiger partial charge < -0.3 is 10.5 Å². The van der Waals surface area contributed by atoms with E-state index in [2.05, 4.69) is 31.9 Å². The van der Waals surface area contributed by atoms with Crippen molar-refractivity contribution in [1.82, 2.24) is 0 Å². The summed E-state index contributed by atoms with van der Waals surface area (Å²) in [4.78, 5) is 0. The summed E-state index contributed by atoms with van der Waals surface area (Å²) >= 11 is 6.86. The van der Waals surface area contributed by atoms with E-state index in [9.17, 15) is 0 Å². The number of halogens is 2. The minimum Gasteiger partial charge on any atom is -0.456 e. The van der Waals surface area contributed by atoms with Crippen LogP contribution < -0.4 is 10.5 Å². The Kier molecular flexibility index (Phi) is 4.20. The molecule has 88 valence electrons. The fourth-order valence-electron chi connectivity index (χ4n) is 1.38. The lowest BCUT2D eigenvalue weighted by Crippen LogP contribution is -1.96. The zero-order chi connectivity index (χ0) is 12.3. The molecule has 0 unspecified atom stereocenters. The van der Waals surface area contributed by atoms with E-state index in [4.69, 9.17) is 10.5 Å². The summed E-state index contributed by atoms with van der Waals surface area (Å²) in [5, 5.41) is 0. The predicted octanol–water partition coefficient (Wildman–Crippen LogP) is 4.46. The fourth-order valence-corrected chi connectivity index (χ4v) is 2.16. The molecule has 2 rings (SSSR count). The molecule has 0 spiro atoms. The van der Waals surface area contributed by atoms with E-state index in [0.717, 1.165) is 26.0 Å². The van der Waals surface area contributed by atoms with E-state index in [-0.39, 0.29) is 0 Å². The fraction of sp³-hybridized carbons (Fsp3) is 0.0769. The molecule has 2 nitrogen and oxygen atoms in total. The van der Waals surface area contributed by atoms with Gasteiger partial charge in [0.1, 0.15) is 11.5 Å². The largest absolute Gasteiger partial charge is 0.456 e. The van der Waals surface area contributed by atoms with Crippen molar-refractivity contribution in [2.45, 2.75) is 6.54 Å². The van der Waals surface area contributed by atoms with Gasteiger partial charge in [-0.05, 0) is 57.9 Å². The highest BCUT2D eigenvalue weighted by Gasteiger charge is 2.03. The topological polar surface area (TPSA) is 35.2 Å². The normalized spacial score (nSPS) is 10.3. The molecule has 0 aliphatic rings. The Hall–Kier alpha value is -0.840. The van der Waals surface area contributed by atoms with Crippen LogP contribution in [0, 0.1) is 0 Å². The van der Waals surface area contributed by atoms with Crippen LogP contribution in [0.15, 0.2) is 51.4 Å². The Labute approximate surface area is 117 Å². The zero-order valence-corrected chi connectivity index (χ0v) is 12.2. The predicted molar refractivity (Wildman–Crippen MR) is 76.2 cm³/mol. The highest BCUT2D eigenvalue weighted by molar-refractivity contribution is 9.10. The van der Waals surface area contributed by atoms with Crippen LogP contribution in [0.4, 0.5) is 0 Å². The van der Waals surface area contributed by atoms with Crippen molar-refractivity contribution in [2.24, 2.45) is 5.73 Å². The second-order valence-corrected chi connectivity index (χ2v) is 5.29. The number of hydrogen-bond donors (Lipinski definition) is 1. The quantitative estimate of drug-likeness (QED) is 0.880. The molecule has 0 amide bonds. The molecule has 0 aliphatic carbocycles. The van der Waals surface area contributed by atoms with Gasteiger partial charge in [-0.1, -0.05) is 22.0 Å². The van der Waals surface area contributed by atoms with Gasteiger partial charge >= 0.3 is 0 Å². The lowest BCUT2D eigenvalue weighted by molar-refractivity contribution is 0.479. The molecule has 0 bridgehead atoms. The lowest BCUT2D eigenvalue weighted by atomic mass is 10.2. The first kappa shape index (κ1) is 12.6. The molecule has 0 radical (unpaired) electrons. The van der Waals surface area contributed by atoms with Gasteiger partial charge in [0, 0.05) is 11.0 Å². The van der Waals surface area contributed by atoms with Gasteiger partial charge in [-0.15, -0.1) is 0 Å². The molecule has 2 N–H and O–H groups in total. The van der Waals surface area contributed by atoms with Gasteiger partial charge in [-0.25, -0.2) is 0 Å². The maximum Gasteiger partial charge on any atom is 0.141 e. The molecule has 0 saturated heterocycles. The first-order valence-corrected chi connectivity index (χ1v) is 6.69. The van der Waals surface area contributed by atoms with Crippen molar-refractivity contribution in [3.63, 3.8) is 0 Å². The first-order valence-electron chi connectivity index (χ1n) is 5.11. The molecular formula is C13H11Br2NO. The molecule has 0 fully saturated rings. The third kappa shape index (κ3) is 3.31. The molecule has 2 aromatic rings. The SMILES string of the molecule is NCc1ccc(Oc2ccc(Br)cc2)c(Br)c1. The molecule has 4 heteroatoms. The Balaban J connectivity index is 2.21. The van der Waals surface area contributed by atoms with Crippen LogP contribution in [-0.2, 0) is 6.54 Å². The van der Waals surface area contributed by atoms with Crippen LogP contribution in [0.1, 0.15) is 5.56 Å². The van der Waals surface area contributed by atoms with Gasteiger partial charge in [0.25, 0.3) is 0 Å². The van der Waals surface area contributed by atoms with Gasteiger partial charge in [0.05, 0.1) is 4.47 Å². The highest BCUT2D eigenvalue weighted by Crippen LogP contribution is 2.30. The Morgan fingerprint density at radius 2 is 1.71 bits per heavy atom. The van der Waals surface area contributed by atoms with Crippen molar-refractivity contribution < 1.29 is 4.74 Å². The second kappa shape index (κ2) is 5.67. The van der Waals surface area contributed by atoms with Crippen molar-refractivity contribution in [1.29, 1.82) is 0 Å². The highest BCUT2D eigenvalue weighted by atomic mass is 79.9. The van der Waals surface area contributed by atoms with Crippen LogP contribution in [-0.4, -0.2) is 0 Å². The van der Waals surface area contributed by atoms with Crippen molar-refractivity contribution in [2.75, 3.05) is 0 Å². The number of benzene rings is 2. The van der Waals surface area contributed by atoms with Gasteiger partial charge in [0.2, 0.25) is 0 Å². The van der Waals surface area contributed by atoms with E-state index in [1.807, 2.05) is 42.5 Å². The summed E-state index contributed by atoms with van der Waals surface area (Å²) < 4.78 is 7.69. The summed E-state index contributed by atoms with van der Waals surface area (Å²) in [5.41, 5.74) is 6.64. The van der Waals surface area contributed by atoms with E-state index in [0.29, 0.717) is 6.54 Å². The van der Waals surface area contributed by atoms with Crippen LogP contribution in [0.5, 0.6) is 11.5 Å². The maximum atomic E-state index is 5.76. The van der Waals surface area contributed by atoms with Crippen LogP contribution in [0.25, 0.3) is 0 Å². The van der Waals surface area contributed by atoms with Crippen molar-refractivity contribution >= 4 is 31.9 Å². The smallest absolute Gasteiger partial charge is 0.141 e. The standard InChI is InChI=1S/C13H11Br2NO/c14-10-2-4-11(5-3-10)17-13-6-1-9(8-16)7-12(13)15/h1-7H,8,16H2. The van der Waals surface area contributed by atoms with Crippen molar-refractivity contribution in [3.8, 4) is 11.5 Å². The van der Waals surface area contributed by atoms with Gasteiger partial charge in [-0.3, -0.25) is 0 Å². The summed E-state index contributed by atoms with van der Waals surface area (Å²) in [6.07, 6.45) is 0. The van der Waals surface area contributed by atoms with Gasteiger partial charge in [-0.2, -0.15) is 0 Å². The molecule has 0 heterocycles. The zero-order valence-electron chi connectivity index (χ0n) is 8.99. The average Bonchev–Trinajstić information content (AvgIpc) is 2.34. The summed E-state index contributed by atoms with van der Waals surface area (Å²) in [6, 6.07) is 13.5. The third-order valence-electron chi connectivity index (χ3n) is 2.27. The van der Waals surface area contributed by atoms with E-state index in [1.165, 1.54) is 0 Å². The third-order valence-corrected chi connectivity index (χ3v) is 3.42. The molecule has 0 aliphatic heterocycles. The van der Waals surface area contributed by atoms with Crippen LogP contribution in [0.2, 0.25) is 0 Å². The van der Waals surface area contributed by atoms with Crippen molar-refractivity contribution in [3.05, 3.63) is 57.0 Å². The van der Waals surface area contributed by atoms with Crippen LogP contribution >= 0.6 is 31.9 Å². The molecule has 0 aromatic heterocycles. The van der Waals surface area contributed by atoms with Gasteiger partial charge in [0.15, 0.2) is 0 Å². The molecular weight excluding hydrogens is 346 g/mol. The number of hydrogen-bond acceptors (Lipinski definition) is 2. The average molecular weight is 357 g/mol. The summed E-state index contributed by atoms with van der Waals surface area (Å²) in [5.74, 6) is 1.58. The van der Waals surface area contributed by atoms with E-state index >= 15 is 0 Å². The first-order chi connectivity index (χ1) is 8.19. The number of nitrogens with two attached hydrogens (primary N) is 1. The molecule has 17 heavy (non-hydrogen) atoms. The number of ether oxygens (including phenoxy) is 1.